The lowest BCUT2D eigenvalue weighted by atomic mass is 9.99. The van der Waals surface area contributed by atoms with Gasteiger partial charge in [0.2, 0.25) is 0 Å². The molecule has 26 heavy (non-hydrogen) atoms. The van der Waals surface area contributed by atoms with Crippen molar-refractivity contribution in [3.05, 3.63) is 53.1 Å². The van der Waals surface area contributed by atoms with Crippen LogP contribution in [-0.2, 0) is 0 Å². The molecule has 1 saturated heterocycles. The molecule has 0 saturated carbocycles. The van der Waals surface area contributed by atoms with Crippen LogP contribution in [0.25, 0.3) is 10.9 Å². The maximum absolute atomic E-state index is 10.1. The van der Waals surface area contributed by atoms with Crippen molar-refractivity contribution in [2.75, 3.05) is 18.0 Å². The molecule has 2 aromatic carbocycles. The molecule has 3 aromatic rings. The topological polar surface area (TPSA) is 51.6 Å². The Morgan fingerprint density at radius 1 is 1.15 bits per heavy atom. The molecule has 0 atom stereocenters. The van der Waals surface area contributed by atoms with Gasteiger partial charge < -0.3 is 15.0 Å². The van der Waals surface area contributed by atoms with Gasteiger partial charge in [-0.25, -0.2) is 0 Å². The summed E-state index contributed by atoms with van der Waals surface area (Å²) in [5, 5.41) is 11.6. The van der Waals surface area contributed by atoms with Crippen LogP contribution in [0.5, 0.6) is 5.88 Å². The van der Waals surface area contributed by atoms with E-state index in [9.17, 15) is 5.11 Å². The molecule has 4 nitrogen and oxygen atoms in total. The van der Waals surface area contributed by atoms with E-state index in [2.05, 4.69) is 33.9 Å². The van der Waals surface area contributed by atoms with Crippen molar-refractivity contribution in [2.24, 2.45) is 10.9 Å². The zero-order valence-corrected chi connectivity index (χ0v) is 15.5. The van der Waals surface area contributed by atoms with Gasteiger partial charge in [-0.15, -0.1) is 0 Å². The van der Waals surface area contributed by atoms with Gasteiger partial charge in [-0.05, 0) is 61.2 Å². The summed E-state index contributed by atoms with van der Waals surface area (Å²) in [5.41, 5.74) is 3.59. The first kappa shape index (κ1) is 17.0. The number of benzene rings is 2. The second-order valence-corrected chi connectivity index (χ2v) is 7.46. The molecule has 4 rings (SSSR count). The molecule has 0 spiro atoms. The number of anilines is 1. The lowest BCUT2D eigenvalue weighted by Gasteiger charge is -2.32. The number of aliphatic imine (C=N–C) groups is 1. The van der Waals surface area contributed by atoms with Crippen molar-refractivity contribution in [3.63, 3.8) is 0 Å². The SMILES string of the molecule is CC1CCN(c2ccc(N=Cc3c(O)[nH]c4ccc(Cl)cc34)cc2)CC1. The van der Waals surface area contributed by atoms with E-state index in [0.717, 1.165) is 35.6 Å². The zero-order chi connectivity index (χ0) is 18.1. The minimum absolute atomic E-state index is 0.102. The molecule has 0 amide bonds. The number of hydrogen-bond donors (Lipinski definition) is 2. The second-order valence-electron chi connectivity index (χ2n) is 7.02. The fourth-order valence-corrected chi connectivity index (χ4v) is 3.63. The van der Waals surface area contributed by atoms with Crippen molar-refractivity contribution in [3.8, 4) is 5.88 Å². The summed E-state index contributed by atoms with van der Waals surface area (Å²) in [7, 11) is 0. The number of aromatic nitrogens is 1. The number of nitrogens with one attached hydrogen (secondary N) is 1. The van der Waals surface area contributed by atoms with Crippen LogP contribution >= 0.6 is 11.6 Å². The van der Waals surface area contributed by atoms with Crippen molar-refractivity contribution >= 4 is 40.1 Å². The van der Waals surface area contributed by atoms with E-state index in [1.807, 2.05) is 24.3 Å². The average molecular weight is 368 g/mol. The first-order valence-electron chi connectivity index (χ1n) is 8.99. The Morgan fingerprint density at radius 2 is 1.88 bits per heavy atom. The summed E-state index contributed by atoms with van der Waals surface area (Å²) in [6, 6.07) is 13.7. The molecule has 134 valence electrons. The lowest BCUT2D eigenvalue weighted by molar-refractivity contribution is 0.438. The molecule has 2 N–H and O–H groups in total. The molecule has 0 radical (unpaired) electrons. The number of H-pyrrole nitrogens is 1. The summed E-state index contributed by atoms with van der Waals surface area (Å²) >= 11 is 6.07. The lowest BCUT2D eigenvalue weighted by Crippen LogP contribution is -2.32. The number of piperidine rings is 1. The molecule has 0 unspecified atom stereocenters. The largest absolute Gasteiger partial charge is 0.494 e. The van der Waals surface area contributed by atoms with E-state index in [1.165, 1.54) is 18.5 Å². The van der Waals surface area contributed by atoms with Gasteiger partial charge in [0.05, 0.1) is 11.3 Å². The molecule has 0 bridgehead atoms. The van der Waals surface area contributed by atoms with Crippen LogP contribution in [0.2, 0.25) is 5.02 Å². The number of halogens is 1. The Kier molecular flexibility index (Phi) is 4.60. The fourth-order valence-electron chi connectivity index (χ4n) is 3.46. The van der Waals surface area contributed by atoms with Crippen LogP contribution in [0.3, 0.4) is 0 Å². The minimum atomic E-state index is 0.102. The Hall–Kier alpha value is -2.46. The second kappa shape index (κ2) is 7.04. The average Bonchev–Trinajstić information content (AvgIpc) is 2.96. The first-order chi connectivity index (χ1) is 12.6. The fraction of sp³-hybridized carbons (Fsp3) is 0.286. The van der Waals surface area contributed by atoms with E-state index in [1.54, 1.807) is 12.3 Å². The van der Waals surface area contributed by atoms with Crippen molar-refractivity contribution in [1.82, 2.24) is 4.98 Å². The Morgan fingerprint density at radius 3 is 2.62 bits per heavy atom. The van der Waals surface area contributed by atoms with E-state index in [-0.39, 0.29) is 5.88 Å². The van der Waals surface area contributed by atoms with E-state index < -0.39 is 0 Å². The van der Waals surface area contributed by atoms with E-state index in [4.69, 9.17) is 11.6 Å². The van der Waals surface area contributed by atoms with Crippen LogP contribution in [0, 0.1) is 5.92 Å². The van der Waals surface area contributed by atoms with Gasteiger partial charge in [0.1, 0.15) is 0 Å². The quantitative estimate of drug-likeness (QED) is 0.599. The summed E-state index contributed by atoms with van der Waals surface area (Å²) < 4.78 is 0. The standard InChI is InChI=1S/C21H22ClN3O/c1-14-8-10-25(11-9-14)17-5-3-16(4-6-17)23-13-19-18-12-15(22)2-7-20(18)24-21(19)26/h2-7,12-14,24,26H,8-11H2,1H3. The zero-order valence-electron chi connectivity index (χ0n) is 14.7. The number of hydrogen-bond acceptors (Lipinski definition) is 3. The molecule has 1 fully saturated rings. The van der Waals surface area contributed by atoms with Gasteiger partial charge in [0, 0.05) is 40.9 Å². The summed E-state index contributed by atoms with van der Waals surface area (Å²) in [5.74, 6) is 0.928. The van der Waals surface area contributed by atoms with Gasteiger partial charge in [-0.3, -0.25) is 4.99 Å². The van der Waals surface area contributed by atoms with Gasteiger partial charge >= 0.3 is 0 Å². The predicted molar refractivity (Wildman–Crippen MR) is 109 cm³/mol. The molecule has 1 aliphatic heterocycles. The van der Waals surface area contributed by atoms with Crippen LogP contribution in [0.4, 0.5) is 11.4 Å². The van der Waals surface area contributed by atoms with Gasteiger partial charge in [0.25, 0.3) is 0 Å². The minimum Gasteiger partial charge on any atom is -0.494 e. The highest BCUT2D eigenvalue weighted by Crippen LogP contribution is 2.29. The number of rotatable bonds is 3. The van der Waals surface area contributed by atoms with Crippen LogP contribution in [-0.4, -0.2) is 29.4 Å². The van der Waals surface area contributed by atoms with Gasteiger partial charge in [0.15, 0.2) is 5.88 Å². The molecule has 5 heteroatoms. The van der Waals surface area contributed by atoms with Gasteiger partial charge in [-0.1, -0.05) is 18.5 Å². The summed E-state index contributed by atoms with van der Waals surface area (Å²) in [6.45, 7) is 4.56. The summed E-state index contributed by atoms with van der Waals surface area (Å²) in [6.07, 6.45) is 4.19. The number of fused-ring (bicyclic) bond motifs is 1. The summed E-state index contributed by atoms with van der Waals surface area (Å²) in [4.78, 5) is 9.90. The van der Waals surface area contributed by atoms with Crippen molar-refractivity contribution in [2.45, 2.75) is 19.8 Å². The maximum Gasteiger partial charge on any atom is 0.198 e. The third kappa shape index (κ3) is 3.42. The first-order valence-corrected chi connectivity index (χ1v) is 9.37. The molecule has 1 aromatic heterocycles. The molecule has 2 heterocycles. The predicted octanol–water partition coefficient (Wildman–Crippen LogP) is 5.51. The Balaban J connectivity index is 1.54. The molecule has 0 aliphatic carbocycles. The van der Waals surface area contributed by atoms with Crippen molar-refractivity contribution < 1.29 is 5.11 Å². The third-order valence-corrected chi connectivity index (χ3v) is 5.36. The smallest absolute Gasteiger partial charge is 0.198 e. The monoisotopic (exact) mass is 367 g/mol. The molecule has 1 aliphatic rings. The Bertz CT molecular complexity index is 938. The van der Waals surface area contributed by atoms with E-state index >= 15 is 0 Å². The third-order valence-electron chi connectivity index (χ3n) is 5.12. The Labute approximate surface area is 158 Å². The number of nitrogens with zero attached hydrogens (tertiary/aromatic N) is 2. The number of aromatic amines is 1. The highest BCUT2D eigenvalue weighted by molar-refractivity contribution is 6.31. The van der Waals surface area contributed by atoms with Crippen LogP contribution in [0.15, 0.2) is 47.5 Å². The van der Waals surface area contributed by atoms with E-state index in [0.29, 0.717) is 10.6 Å². The highest BCUT2D eigenvalue weighted by atomic mass is 35.5. The highest BCUT2D eigenvalue weighted by Gasteiger charge is 2.15. The van der Waals surface area contributed by atoms with Crippen LogP contribution < -0.4 is 4.90 Å². The van der Waals surface area contributed by atoms with Crippen molar-refractivity contribution in [1.29, 1.82) is 0 Å². The van der Waals surface area contributed by atoms with Crippen LogP contribution in [0.1, 0.15) is 25.3 Å². The normalized spacial score (nSPS) is 16.0. The molecular formula is C21H22ClN3O. The van der Waals surface area contributed by atoms with Gasteiger partial charge in [-0.2, -0.15) is 0 Å². The molecular weight excluding hydrogens is 346 g/mol. The maximum atomic E-state index is 10.1. The number of aromatic hydroxyl groups is 1.